The molecule has 7 heteroatoms. The van der Waals surface area contributed by atoms with Crippen LogP contribution in [0.2, 0.25) is 0 Å². The number of rotatable bonds is 6. The third-order valence-corrected chi connectivity index (χ3v) is 3.63. The standard InChI is InChI=1S/C16H21N3O3S/c1-16(2,3)17-13(20)9-10-23-15-19-18-14(22-15)11-5-7-12(21-4)8-6-11/h5-8H,9-10H2,1-4H3,(H,17,20). The third kappa shape index (κ3) is 5.59. The number of aromatic nitrogens is 2. The molecule has 2 aromatic rings. The highest BCUT2D eigenvalue weighted by Gasteiger charge is 2.14. The molecule has 23 heavy (non-hydrogen) atoms. The molecule has 0 fully saturated rings. The van der Waals surface area contributed by atoms with Gasteiger partial charge < -0.3 is 14.5 Å². The van der Waals surface area contributed by atoms with E-state index in [-0.39, 0.29) is 11.4 Å². The summed E-state index contributed by atoms with van der Waals surface area (Å²) in [5.41, 5.74) is 0.615. The molecule has 1 N–H and O–H groups in total. The topological polar surface area (TPSA) is 77.2 Å². The Morgan fingerprint density at radius 3 is 2.57 bits per heavy atom. The largest absolute Gasteiger partial charge is 0.497 e. The van der Waals surface area contributed by atoms with Crippen molar-refractivity contribution in [2.75, 3.05) is 12.9 Å². The number of nitrogens with zero attached hydrogens (tertiary/aromatic N) is 2. The van der Waals surface area contributed by atoms with Gasteiger partial charge in [0.25, 0.3) is 5.22 Å². The minimum atomic E-state index is -0.215. The molecule has 0 unspecified atom stereocenters. The van der Waals surface area contributed by atoms with E-state index in [0.717, 1.165) is 11.3 Å². The summed E-state index contributed by atoms with van der Waals surface area (Å²) in [6.07, 6.45) is 0.405. The summed E-state index contributed by atoms with van der Waals surface area (Å²) in [6, 6.07) is 7.39. The van der Waals surface area contributed by atoms with Crippen LogP contribution in [0.25, 0.3) is 11.5 Å². The second-order valence-electron chi connectivity index (χ2n) is 6.00. The molecule has 0 aliphatic carbocycles. The number of hydrogen-bond donors (Lipinski definition) is 1. The van der Waals surface area contributed by atoms with Crippen LogP contribution in [0, 0.1) is 0 Å². The van der Waals surface area contributed by atoms with Crippen molar-refractivity contribution >= 4 is 17.7 Å². The fourth-order valence-electron chi connectivity index (χ4n) is 1.83. The Labute approximate surface area is 140 Å². The molecular formula is C16H21N3O3S. The zero-order valence-electron chi connectivity index (χ0n) is 13.8. The second kappa shape index (κ2) is 7.50. The first-order valence-electron chi connectivity index (χ1n) is 7.29. The molecule has 0 aliphatic rings. The molecule has 124 valence electrons. The number of methoxy groups -OCH3 is 1. The molecule has 6 nitrogen and oxygen atoms in total. The Morgan fingerprint density at radius 2 is 1.96 bits per heavy atom. The SMILES string of the molecule is COc1ccc(-c2nnc(SCCC(=O)NC(C)(C)C)o2)cc1. The molecular weight excluding hydrogens is 314 g/mol. The van der Waals surface area contributed by atoms with Crippen LogP contribution < -0.4 is 10.1 Å². The number of carbonyl (C=O) groups excluding carboxylic acids is 1. The lowest BCUT2D eigenvalue weighted by molar-refractivity contribution is -0.122. The Kier molecular flexibility index (Phi) is 5.65. The van der Waals surface area contributed by atoms with Crippen LogP contribution >= 0.6 is 11.8 Å². The maximum absolute atomic E-state index is 11.7. The van der Waals surface area contributed by atoms with E-state index in [0.29, 0.717) is 23.3 Å². The summed E-state index contributed by atoms with van der Waals surface area (Å²) in [7, 11) is 1.62. The van der Waals surface area contributed by atoms with Gasteiger partial charge in [-0.3, -0.25) is 4.79 Å². The van der Waals surface area contributed by atoms with Gasteiger partial charge in [0, 0.05) is 23.3 Å². The van der Waals surface area contributed by atoms with Gasteiger partial charge in [0.2, 0.25) is 11.8 Å². The molecule has 1 heterocycles. The maximum atomic E-state index is 11.7. The monoisotopic (exact) mass is 335 g/mol. The minimum absolute atomic E-state index is 0.0138. The van der Waals surface area contributed by atoms with Crippen LogP contribution in [-0.4, -0.2) is 34.5 Å². The molecule has 0 saturated heterocycles. The van der Waals surface area contributed by atoms with Crippen molar-refractivity contribution in [3.8, 4) is 17.2 Å². The van der Waals surface area contributed by atoms with Gasteiger partial charge >= 0.3 is 0 Å². The van der Waals surface area contributed by atoms with Gasteiger partial charge in [0.15, 0.2) is 0 Å². The van der Waals surface area contributed by atoms with Gasteiger partial charge in [0.05, 0.1) is 7.11 Å². The lowest BCUT2D eigenvalue weighted by atomic mass is 10.1. The quantitative estimate of drug-likeness (QED) is 0.817. The predicted molar refractivity (Wildman–Crippen MR) is 89.5 cm³/mol. The van der Waals surface area contributed by atoms with E-state index >= 15 is 0 Å². The Bertz CT molecular complexity index is 647. The average Bonchev–Trinajstić information content (AvgIpc) is 2.94. The number of carbonyl (C=O) groups is 1. The van der Waals surface area contributed by atoms with Crippen LogP contribution in [0.4, 0.5) is 0 Å². The van der Waals surface area contributed by atoms with Gasteiger partial charge in [-0.05, 0) is 45.0 Å². The van der Waals surface area contributed by atoms with Gasteiger partial charge in [-0.25, -0.2) is 0 Å². The van der Waals surface area contributed by atoms with Crippen molar-refractivity contribution in [3.63, 3.8) is 0 Å². The molecule has 1 aromatic carbocycles. The molecule has 1 aromatic heterocycles. The summed E-state index contributed by atoms with van der Waals surface area (Å²) in [5.74, 6) is 1.83. The fourth-order valence-corrected chi connectivity index (χ4v) is 2.53. The van der Waals surface area contributed by atoms with Gasteiger partial charge in [0.1, 0.15) is 5.75 Å². The molecule has 0 radical (unpaired) electrons. The van der Waals surface area contributed by atoms with E-state index in [1.807, 2.05) is 45.0 Å². The molecule has 0 atom stereocenters. The van der Waals surface area contributed by atoms with Crippen LogP contribution in [0.5, 0.6) is 5.75 Å². The van der Waals surface area contributed by atoms with Crippen molar-refractivity contribution < 1.29 is 13.9 Å². The Hall–Kier alpha value is -2.02. The highest BCUT2D eigenvalue weighted by atomic mass is 32.2. The normalized spacial score (nSPS) is 11.3. The van der Waals surface area contributed by atoms with Gasteiger partial charge in [-0.1, -0.05) is 11.8 Å². The summed E-state index contributed by atoms with van der Waals surface area (Å²) < 4.78 is 10.7. The fraction of sp³-hybridized carbons (Fsp3) is 0.438. The van der Waals surface area contributed by atoms with E-state index in [1.165, 1.54) is 11.8 Å². The van der Waals surface area contributed by atoms with E-state index in [4.69, 9.17) is 9.15 Å². The van der Waals surface area contributed by atoms with Crippen molar-refractivity contribution in [3.05, 3.63) is 24.3 Å². The highest BCUT2D eigenvalue weighted by molar-refractivity contribution is 7.99. The predicted octanol–water partition coefficient (Wildman–Crippen LogP) is 3.14. The zero-order valence-corrected chi connectivity index (χ0v) is 14.6. The molecule has 2 rings (SSSR count). The van der Waals surface area contributed by atoms with Gasteiger partial charge in [-0.2, -0.15) is 0 Å². The Morgan fingerprint density at radius 1 is 1.26 bits per heavy atom. The lowest BCUT2D eigenvalue weighted by Crippen LogP contribution is -2.40. The van der Waals surface area contributed by atoms with E-state index in [9.17, 15) is 4.79 Å². The van der Waals surface area contributed by atoms with Crippen LogP contribution in [-0.2, 0) is 4.79 Å². The van der Waals surface area contributed by atoms with Crippen LogP contribution in [0.3, 0.4) is 0 Å². The van der Waals surface area contributed by atoms with Crippen molar-refractivity contribution in [1.29, 1.82) is 0 Å². The minimum Gasteiger partial charge on any atom is -0.497 e. The molecule has 0 aliphatic heterocycles. The maximum Gasteiger partial charge on any atom is 0.276 e. The first kappa shape index (κ1) is 17.3. The van der Waals surface area contributed by atoms with E-state index < -0.39 is 0 Å². The first-order chi connectivity index (χ1) is 10.9. The number of nitrogens with one attached hydrogen (secondary N) is 1. The zero-order chi connectivity index (χ0) is 16.9. The van der Waals surface area contributed by atoms with Crippen LogP contribution in [0.15, 0.2) is 33.9 Å². The second-order valence-corrected chi connectivity index (χ2v) is 7.04. The number of hydrogen-bond acceptors (Lipinski definition) is 6. The molecule has 0 bridgehead atoms. The first-order valence-corrected chi connectivity index (χ1v) is 8.28. The lowest BCUT2D eigenvalue weighted by Gasteiger charge is -2.20. The molecule has 0 saturated carbocycles. The van der Waals surface area contributed by atoms with E-state index in [1.54, 1.807) is 7.11 Å². The van der Waals surface area contributed by atoms with Crippen molar-refractivity contribution in [2.45, 2.75) is 38.0 Å². The summed E-state index contributed by atoms with van der Waals surface area (Å²) in [6.45, 7) is 5.87. The van der Waals surface area contributed by atoms with Crippen molar-refractivity contribution in [2.24, 2.45) is 0 Å². The van der Waals surface area contributed by atoms with Gasteiger partial charge in [-0.15, -0.1) is 10.2 Å². The molecule has 0 spiro atoms. The number of thioether (sulfide) groups is 1. The summed E-state index contributed by atoms with van der Waals surface area (Å²) >= 11 is 1.37. The number of amides is 1. The Balaban J connectivity index is 1.86. The average molecular weight is 335 g/mol. The smallest absolute Gasteiger partial charge is 0.276 e. The highest BCUT2D eigenvalue weighted by Crippen LogP contribution is 2.25. The van der Waals surface area contributed by atoms with E-state index in [2.05, 4.69) is 15.5 Å². The summed E-state index contributed by atoms with van der Waals surface area (Å²) in [4.78, 5) is 11.7. The number of ether oxygens (including phenoxy) is 1. The molecule has 1 amide bonds. The van der Waals surface area contributed by atoms with Crippen molar-refractivity contribution in [1.82, 2.24) is 15.5 Å². The third-order valence-electron chi connectivity index (χ3n) is 2.81. The van der Waals surface area contributed by atoms with Crippen LogP contribution in [0.1, 0.15) is 27.2 Å². The summed E-state index contributed by atoms with van der Waals surface area (Å²) in [5, 5.41) is 11.4. The number of benzene rings is 1.